The summed E-state index contributed by atoms with van der Waals surface area (Å²) in [6, 6.07) is 6.90. The van der Waals surface area contributed by atoms with Crippen LogP contribution in [0.2, 0.25) is 0 Å². The Morgan fingerprint density at radius 2 is 1.96 bits per heavy atom. The van der Waals surface area contributed by atoms with Crippen molar-refractivity contribution in [2.75, 3.05) is 23.5 Å². The summed E-state index contributed by atoms with van der Waals surface area (Å²) in [7, 11) is 1.59. The summed E-state index contributed by atoms with van der Waals surface area (Å²) in [5, 5.41) is 9.39. The first kappa shape index (κ1) is 16.2. The highest BCUT2D eigenvalue weighted by atomic mass is 19.4. The normalized spacial score (nSPS) is 22.3. The van der Waals surface area contributed by atoms with Crippen LogP contribution in [0.3, 0.4) is 0 Å². The van der Waals surface area contributed by atoms with Gasteiger partial charge in [0.2, 0.25) is 0 Å². The molecule has 0 aliphatic carbocycles. The lowest BCUT2D eigenvalue weighted by molar-refractivity contribution is -0.140. The van der Waals surface area contributed by atoms with Gasteiger partial charge in [0.25, 0.3) is 0 Å². The monoisotopic (exact) mass is 337 g/mol. The molecule has 2 aliphatic heterocycles. The summed E-state index contributed by atoms with van der Waals surface area (Å²) >= 11 is 0. The molecule has 0 fully saturated rings. The maximum Gasteiger partial charge on any atom is 0.416 e. The van der Waals surface area contributed by atoms with E-state index in [9.17, 15) is 23.2 Å². The molecule has 2 heterocycles. The molecular weight excluding hydrogens is 323 g/mol. The van der Waals surface area contributed by atoms with Gasteiger partial charge in [0, 0.05) is 7.05 Å². The van der Waals surface area contributed by atoms with Gasteiger partial charge in [-0.25, -0.2) is 4.79 Å². The molecule has 126 valence electrons. The van der Waals surface area contributed by atoms with Crippen LogP contribution in [-0.2, 0) is 9.53 Å². The molecule has 8 heteroatoms. The minimum atomic E-state index is -4.80. The third-order valence-corrected chi connectivity index (χ3v) is 4.19. The number of carbonyl (C=O) groups excluding carboxylic acids is 1. The number of fused-ring (bicyclic) bond motifs is 3. The van der Waals surface area contributed by atoms with E-state index in [1.54, 1.807) is 42.3 Å². The van der Waals surface area contributed by atoms with Gasteiger partial charge in [-0.2, -0.15) is 18.4 Å². The van der Waals surface area contributed by atoms with Crippen LogP contribution >= 0.6 is 0 Å². The molecule has 0 N–H and O–H groups in total. The van der Waals surface area contributed by atoms with Crippen LogP contribution in [0.1, 0.15) is 6.92 Å². The molecule has 24 heavy (non-hydrogen) atoms. The Hall–Kier alpha value is -2.69. The lowest BCUT2D eigenvalue weighted by atomic mass is 10.0. The predicted octanol–water partition coefficient (Wildman–Crippen LogP) is 2.60. The smallest absolute Gasteiger partial charge is 0.416 e. The molecule has 0 aromatic heterocycles. The third-order valence-electron chi connectivity index (χ3n) is 4.19. The number of halogens is 3. The zero-order valence-corrected chi connectivity index (χ0v) is 13.0. The topological polar surface area (TPSA) is 56.6 Å². The number of ether oxygens (including phenoxy) is 1. The molecule has 2 aliphatic rings. The highest BCUT2D eigenvalue weighted by molar-refractivity contribution is 5.98. The van der Waals surface area contributed by atoms with Crippen LogP contribution < -0.4 is 9.80 Å². The molecule has 0 bridgehead atoms. The average molecular weight is 337 g/mol. The first-order valence-corrected chi connectivity index (χ1v) is 7.31. The van der Waals surface area contributed by atoms with Gasteiger partial charge in [-0.05, 0) is 19.1 Å². The van der Waals surface area contributed by atoms with Crippen molar-refractivity contribution in [2.45, 2.75) is 25.3 Å². The predicted molar refractivity (Wildman–Crippen MR) is 80.2 cm³/mol. The summed E-state index contributed by atoms with van der Waals surface area (Å²) in [5.41, 5.74) is -0.521. The first-order chi connectivity index (χ1) is 11.3. The zero-order valence-electron chi connectivity index (χ0n) is 13.0. The van der Waals surface area contributed by atoms with Crippen LogP contribution in [0.15, 0.2) is 35.4 Å². The molecule has 3 rings (SSSR count). The standard InChI is InChI=1S/C16H14F3N3O2/c1-3-24-15(23)12-13(16(17,18)19)11(8-20)22-10-7-5-4-6-9(10)21(2)14(12)22/h4-7,11,14H,3H2,1-2H3. The van der Waals surface area contributed by atoms with Crippen LogP contribution in [0.25, 0.3) is 0 Å². The van der Waals surface area contributed by atoms with E-state index in [-0.39, 0.29) is 6.61 Å². The van der Waals surface area contributed by atoms with Crippen molar-refractivity contribution in [1.29, 1.82) is 5.26 Å². The van der Waals surface area contributed by atoms with Crippen molar-refractivity contribution in [3.05, 3.63) is 35.4 Å². The van der Waals surface area contributed by atoms with Gasteiger partial charge in [-0.15, -0.1) is 0 Å². The number of benzene rings is 1. The number of hydrogen-bond donors (Lipinski definition) is 0. The zero-order chi connectivity index (χ0) is 17.6. The van der Waals surface area contributed by atoms with Gasteiger partial charge in [0.05, 0.1) is 35.2 Å². The van der Waals surface area contributed by atoms with Crippen LogP contribution in [0, 0.1) is 11.3 Å². The minimum Gasteiger partial charge on any atom is -0.463 e. The molecule has 0 radical (unpaired) electrons. The second-order valence-corrected chi connectivity index (χ2v) is 5.46. The van der Waals surface area contributed by atoms with Gasteiger partial charge >= 0.3 is 12.1 Å². The number of para-hydroxylation sites is 2. The summed E-state index contributed by atoms with van der Waals surface area (Å²) in [6.07, 6.45) is -5.81. The van der Waals surface area contributed by atoms with E-state index in [0.29, 0.717) is 11.4 Å². The number of alkyl halides is 3. The van der Waals surface area contributed by atoms with E-state index in [0.717, 1.165) is 0 Å². The maximum absolute atomic E-state index is 13.6. The van der Waals surface area contributed by atoms with Crippen LogP contribution in [0.5, 0.6) is 0 Å². The third kappa shape index (κ3) is 2.12. The fraction of sp³-hybridized carbons (Fsp3) is 0.375. The van der Waals surface area contributed by atoms with E-state index in [2.05, 4.69) is 0 Å². The Kier molecular flexibility index (Phi) is 3.67. The van der Waals surface area contributed by atoms with Crippen molar-refractivity contribution < 1.29 is 22.7 Å². The van der Waals surface area contributed by atoms with E-state index in [1.807, 2.05) is 0 Å². The second kappa shape index (κ2) is 5.44. The fourth-order valence-electron chi connectivity index (χ4n) is 3.33. The molecule has 2 atom stereocenters. The molecular formula is C16H14F3N3O2. The van der Waals surface area contributed by atoms with E-state index >= 15 is 0 Å². The summed E-state index contributed by atoms with van der Waals surface area (Å²) < 4.78 is 45.6. The van der Waals surface area contributed by atoms with Gasteiger partial charge in [-0.3, -0.25) is 0 Å². The number of anilines is 2. The lowest BCUT2D eigenvalue weighted by Crippen LogP contribution is -2.44. The lowest BCUT2D eigenvalue weighted by Gasteiger charge is -2.27. The molecule has 1 aromatic carbocycles. The molecule has 0 saturated heterocycles. The number of carbonyl (C=O) groups is 1. The summed E-state index contributed by atoms with van der Waals surface area (Å²) in [5.74, 6) is -1.04. The van der Waals surface area contributed by atoms with Gasteiger partial charge in [-0.1, -0.05) is 12.1 Å². The summed E-state index contributed by atoms with van der Waals surface area (Å²) in [4.78, 5) is 15.1. The highest BCUT2D eigenvalue weighted by Gasteiger charge is 2.58. The second-order valence-electron chi connectivity index (χ2n) is 5.46. The van der Waals surface area contributed by atoms with Gasteiger partial charge in [0.15, 0.2) is 0 Å². The molecule has 1 aromatic rings. The number of nitrogens with zero attached hydrogens (tertiary/aromatic N) is 3. The fourth-order valence-corrected chi connectivity index (χ4v) is 3.33. The molecule has 0 spiro atoms. The maximum atomic E-state index is 13.6. The number of hydrogen-bond acceptors (Lipinski definition) is 5. The van der Waals surface area contributed by atoms with Crippen molar-refractivity contribution >= 4 is 17.3 Å². The minimum absolute atomic E-state index is 0.0475. The Balaban J connectivity index is 2.22. The van der Waals surface area contributed by atoms with Crippen molar-refractivity contribution in [1.82, 2.24) is 0 Å². The molecule has 0 saturated carbocycles. The van der Waals surface area contributed by atoms with Gasteiger partial charge in [0.1, 0.15) is 12.2 Å². The van der Waals surface area contributed by atoms with Crippen molar-refractivity contribution in [3.63, 3.8) is 0 Å². The van der Waals surface area contributed by atoms with Crippen molar-refractivity contribution in [2.24, 2.45) is 0 Å². The number of nitriles is 1. The van der Waals surface area contributed by atoms with Crippen molar-refractivity contribution in [3.8, 4) is 6.07 Å². The largest absolute Gasteiger partial charge is 0.463 e. The molecule has 2 unspecified atom stereocenters. The van der Waals surface area contributed by atoms with E-state index in [4.69, 9.17) is 4.74 Å². The van der Waals surface area contributed by atoms with Crippen LogP contribution in [-0.4, -0.2) is 38.0 Å². The Morgan fingerprint density at radius 3 is 2.50 bits per heavy atom. The Morgan fingerprint density at radius 1 is 1.33 bits per heavy atom. The molecule has 5 nitrogen and oxygen atoms in total. The number of rotatable bonds is 2. The number of likely N-dealkylation sites (N-methyl/N-ethyl adjacent to an activating group) is 1. The average Bonchev–Trinajstić information content (AvgIpc) is 3.02. The quantitative estimate of drug-likeness (QED) is 0.777. The highest BCUT2D eigenvalue weighted by Crippen LogP contribution is 2.51. The SMILES string of the molecule is CCOC(=O)C1=C(C(F)(F)F)C(C#N)N2c3ccccc3N(C)C12. The first-order valence-electron chi connectivity index (χ1n) is 7.31. The summed E-state index contributed by atoms with van der Waals surface area (Å²) in [6.45, 7) is 1.47. The van der Waals surface area contributed by atoms with Gasteiger partial charge < -0.3 is 14.5 Å². The Bertz CT molecular complexity index is 767. The molecule has 0 amide bonds. The van der Waals surface area contributed by atoms with Crippen LogP contribution in [0.4, 0.5) is 24.5 Å². The Labute approximate surface area is 136 Å². The van der Waals surface area contributed by atoms with E-state index in [1.165, 1.54) is 11.8 Å². The number of esters is 1. The van der Waals surface area contributed by atoms with E-state index < -0.39 is 35.5 Å².